The van der Waals surface area contributed by atoms with Crippen molar-refractivity contribution in [2.75, 3.05) is 0 Å². The molecule has 0 amide bonds. The molecule has 0 saturated carbocycles. The summed E-state index contributed by atoms with van der Waals surface area (Å²) in [6.07, 6.45) is 3.10. The minimum atomic E-state index is -0.219. The van der Waals surface area contributed by atoms with E-state index >= 15 is 0 Å². The van der Waals surface area contributed by atoms with Gasteiger partial charge in [-0.25, -0.2) is 9.97 Å². The van der Waals surface area contributed by atoms with E-state index < -0.39 is 0 Å². The van der Waals surface area contributed by atoms with Gasteiger partial charge in [0.1, 0.15) is 0 Å². The third-order valence-corrected chi connectivity index (χ3v) is 1.68. The minimum Gasteiger partial charge on any atom is -0.290 e. The molecule has 2 aromatic heterocycles. The Morgan fingerprint density at radius 1 is 1.40 bits per heavy atom. The number of hydrogen-bond donors (Lipinski definition) is 0. The number of aromatic nitrogens is 6. The van der Waals surface area contributed by atoms with Crippen LogP contribution < -0.4 is 0 Å². The molecule has 2 heterocycles. The van der Waals surface area contributed by atoms with E-state index in [0.29, 0.717) is 5.82 Å². The van der Waals surface area contributed by atoms with Gasteiger partial charge in [-0.1, -0.05) is 0 Å². The number of nitrogens with zero attached hydrogens (tertiary/aromatic N) is 6. The van der Waals surface area contributed by atoms with Crippen molar-refractivity contribution < 1.29 is 4.79 Å². The van der Waals surface area contributed by atoms with Gasteiger partial charge in [-0.2, -0.15) is 4.80 Å². The van der Waals surface area contributed by atoms with Gasteiger partial charge in [0, 0.05) is 12.4 Å². The van der Waals surface area contributed by atoms with Crippen molar-refractivity contribution in [3.8, 4) is 0 Å². The lowest BCUT2D eigenvalue weighted by atomic mass is 10.2. The Bertz CT molecular complexity index is 465. The Labute approximate surface area is 85.2 Å². The van der Waals surface area contributed by atoms with Crippen molar-refractivity contribution in [1.29, 1.82) is 0 Å². The molecule has 0 unspecified atom stereocenters. The molecule has 0 fully saturated rings. The fraction of sp³-hybridized carbons (Fsp3) is 0.250. The number of rotatable bonds is 3. The number of hydrogen-bond acceptors (Lipinski definition) is 6. The zero-order valence-corrected chi connectivity index (χ0v) is 8.03. The number of tetrazole rings is 1. The second-order valence-corrected chi connectivity index (χ2v) is 2.87. The monoisotopic (exact) mass is 204 g/mol. The highest BCUT2D eigenvalue weighted by molar-refractivity contribution is 5.93. The van der Waals surface area contributed by atoms with E-state index in [0.717, 1.165) is 0 Å². The van der Waals surface area contributed by atoms with Crippen LogP contribution in [-0.2, 0) is 13.5 Å². The van der Waals surface area contributed by atoms with Gasteiger partial charge in [0.2, 0.25) is 5.78 Å². The number of carbonyl (C=O) groups is 1. The first kappa shape index (κ1) is 9.38. The van der Waals surface area contributed by atoms with Crippen molar-refractivity contribution in [3.05, 3.63) is 30.1 Å². The van der Waals surface area contributed by atoms with Gasteiger partial charge in [-0.05, 0) is 11.3 Å². The van der Waals surface area contributed by atoms with Gasteiger partial charge in [-0.15, -0.1) is 10.2 Å². The Balaban J connectivity index is 2.11. The highest BCUT2D eigenvalue weighted by Crippen LogP contribution is 1.96. The predicted octanol–water partition coefficient (Wildman–Crippen LogP) is -0.575. The normalized spacial score (nSPS) is 10.2. The summed E-state index contributed by atoms with van der Waals surface area (Å²) in [5.41, 5.74) is 0. The second kappa shape index (κ2) is 3.91. The molecule has 7 nitrogen and oxygen atoms in total. The van der Waals surface area contributed by atoms with E-state index in [1.165, 1.54) is 17.2 Å². The summed E-state index contributed by atoms with van der Waals surface area (Å²) >= 11 is 0. The van der Waals surface area contributed by atoms with Crippen molar-refractivity contribution in [2.45, 2.75) is 6.42 Å². The first-order valence-electron chi connectivity index (χ1n) is 4.29. The first-order chi connectivity index (χ1) is 7.25. The molecule has 2 rings (SSSR count). The number of aryl methyl sites for hydroxylation is 1. The molecule has 0 aliphatic rings. The molecule has 0 saturated heterocycles. The van der Waals surface area contributed by atoms with Crippen LogP contribution in [0, 0.1) is 0 Å². The zero-order valence-electron chi connectivity index (χ0n) is 8.03. The SMILES string of the molecule is Cn1nnc(CC(=O)c2ncccn2)n1. The zero-order chi connectivity index (χ0) is 10.7. The van der Waals surface area contributed by atoms with Crippen LogP contribution in [-0.4, -0.2) is 36.0 Å². The summed E-state index contributed by atoms with van der Waals surface area (Å²) in [4.78, 5) is 20.6. The first-order valence-corrected chi connectivity index (χ1v) is 4.29. The largest absolute Gasteiger partial charge is 0.290 e. The topological polar surface area (TPSA) is 86.5 Å². The summed E-state index contributed by atoms with van der Waals surface area (Å²) in [6.45, 7) is 0. The molecule has 76 valence electrons. The van der Waals surface area contributed by atoms with Crippen LogP contribution in [0.4, 0.5) is 0 Å². The quantitative estimate of drug-likeness (QED) is 0.622. The highest BCUT2D eigenvalue weighted by Gasteiger charge is 2.12. The lowest BCUT2D eigenvalue weighted by molar-refractivity contribution is 0.0980. The van der Waals surface area contributed by atoms with E-state index in [1.54, 1.807) is 13.1 Å². The summed E-state index contributed by atoms with van der Waals surface area (Å²) < 4.78 is 0. The third kappa shape index (κ3) is 2.19. The summed E-state index contributed by atoms with van der Waals surface area (Å²) in [5.74, 6) is 0.323. The molecule has 15 heavy (non-hydrogen) atoms. The van der Waals surface area contributed by atoms with Crippen LogP contribution in [0.15, 0.2) is 18.5 Å². The van der Waals surface area contributed by atoms with Crippen LogP contribution >= 0.6 is 0 Å². The molecule has 0 aliphatic heterocycles. The van der Waals surface area contributed by atoms with Crippen LogP contribution in [0.2, 0.25) is 0 Å². The Kier molecular flexibility index (Phi) is 2.44. The molecule has 0 aromatic carbocycles. The van der Waals surface area contributed by atoms with Gasteiger partial charge in [-0.3, -0.25) is 4.79 Å². The van der Waals surface area contributed by atoms with E-state index in [4.69, 9.17) is 0 Å². The lowest BCUT2D eigenvalue weighted by Gasteiger charge is -1.93. The smallest absolute Gasteiger partial charge is 0.207 e. The molecule has 7 heteroatoms. The van der Waals surface area contributed by atoms with E-state index in [2.05, 4.69) is 25.4 Å². The number of ketones is 1. The number of carbonyl (C=O) groups excluding carboxylic acids is 1. The maximum absolute atomic E-state index is 11.6. The van der Waals surface area contributed by atoms with Gasteiger partial charge in [0.25, 0.3) is 0 Å². The van der Waals surface area contributed by atoms with Gasteiger partial charge >= 0.3 is 0 Å². The van der Waals surface area contributed by atoms with Crippen LogP contribution in [0.1, 0.15) is 16.4 Å². The fourth-order valence-corrected chi connectivity index (χ4v) is 1.06. The molecule has 0 N–H and O–H groups in total. The van der Waals surface area contributed by atoms with Crippen molar-refractivity contribution in [3.63, 3.8) is 0 Å². The molecule has 0 atom stereocenters. The van der Waals surface area contributed by atoms with Crippen LogP contribution in [0.25, 0.3) is 0 Å². The summed E-state index contributed by atoms with van der Waals surface area (Å²) in [5, 5.41) is 11.2. The summed E-state index contributed by atoms with van der Waals surface area (Å²) in [7, 11) is 1.64. The van der Waals surface area contributed by atoms with E-state index in [9.17, 15) is 4.79 Å². The van der Waals surface area contributed by atoms with Crippen molar-refractivity contribution in [2.24, 2.45) is 7.05 Å². The average Bonchev–Trinajstić information content (AvgIpc) is 2.65. The lowest BCUT2D eigenvalue weighted by Crippen LogP contribution is -2.09. The summed E-state index contributed by atoms with van der Waals surface area (Å²) in [6, 6.07) is 1.65. The van der Waals surface area contributed by atoms with Gasteiger partial charge in [0.15, 0.2) is 11.6 Å². The number of Topliss-reactive ketones (excluding diaryl/α,β-unsaturated/α-hetero) is 1. The second-order valence-electron chi connectivity index (χ2n) is 2.87. The molecule has 0 bridgehead atoms. The highest BCUT2D eigenvalue weighted by atomic mass is 16.1. The Morgan fingerprint density at radius 2 is 2.13 bits per heavy atom. The van der Waals surface area contributed by atoms with E-state index in [1.807, 2.05) is 0 Å². The van der Waals surface area contributed by atoms with E-state index in [-0.39, 0.29) is 18.0 Å². The van der Waals surface area contributed by atoms with Gasteiger partial charge in [0.05, 0.1) is 13.5 Å². The average molecular weight is 204 g/mol. The maximum Gasteiger partial charge on any atom is 0.207 e. The molecule has 2 aromatic rings. The molecule has 0 aliphatic carbocycles. The van der Waals surface area contributed by atoms with Crippen LogP contribution in [0.3, 0.4) is 0 Å². The van der Waals surface area contributed by atoms with Crippen molar-refractivity contribution in [1.82, 2.24) is 30.2 Å². The molecular weight excluding hydrogens is 196 g/mol. The van der Waals surface area contributed by atoms with Crippen LogP contribution in [0.5, 0.6) is 0 Å². The van der Waals surface area contributed by atoms with Crippen molar-refractivity contribution >= 4 is 5.78 Å². The van der Waals surface area contributed by atoms with Gasteiger partial charge < -0.3 is 0 Å². The maximum atomic E-state index is 11.6. The molecule has 0 radical (unpaired) electrons. The fourth-order valence-electron chi connectivity index (χ4n) is 1.06. The predicted molar refractivity (Wildman–Crippen MR) is 48.9 cm³/mol. The Morgan fingerprint density at radius 3 is 2.73 bits per heavy atom. The molecular formula is C8H8N6O. The standard InChI is InChI=1S/C8H8N6O/c1-14-12-7(11-13-14)5-6(15)8-9-3-2-4-10-8/h2-4H,5H2,1H3. The molecule has 0 spiro atoms. The Hall–Kier alpha value is -2.18. The minimum absolute atomic E-state index is 0.0673. The third-order valence-electron chi connectivity index (χ3n) is 1.68.